The highest BCUT2D eigenvalue weighted by Gasteiger charge is 2.04. The van der Waals surface area contributed by atoms with Crippen LogP contribution >= 0.6 is 34.8 Å². The molecule has 15 heavy (non-hydrogen) atoms. The van der Waals surface area contributed by atoms with E-state index in [2.05, 4.69) is 16.0 Å². The Kier molecular flexibility index (Phi) is 3.10. The summed E-state index contributed by atoms with van der Waals surface area (Å²) in [6.45, 7) is 0. The van der Waals surface area contributed by atoms with Crippen LogP contribution in [0.4, 0.5) is 0 Å². The van der Waals surface area contributed by atoms with Crippen molar-refractivity contribution in [1.82, 2.24) is 9.97 Å². The van der Waals surface area contributed by atoms with Crippen LogP contribution in [0.15, 0.2) is 24.4 Å². The average molecular weight is 259 g/mol. The summed E-state index contributed by atoms with van der Waals surface area (Å²) in [5, 5.41) is 1.04. The van der Waals surface area contributed by atoms with Crippen LogP contribution in [0, 0.1) is 6.07 Å². The fourth-order valence-corrected chi connectivity index (χ4v) is 1.48. The van der Waals surface area contributed by atoms with Crippen molar-refractivity contribution in [3.8, 4) is 11.3 Å². The fourth-order valence-electron chi connectivity index (χ4n) is 1.06. The summed E-state index contributed by atoms with van der Waals surface area (Å²) in [5.74, 6) is 0. The molecule has 2 nitrogen and oxygen atoms in total. The lowest BCUT2D eigenvalue weighted by atomic mass is 10.2. The average Bonchev–Trinajstić information content (AvgIpc) is 2.22. The third-order valence-electron chi connectivity index (χ3n) is 1.73. The maximum atomic E-state index is 5.83. The quantitative estimate of drug-likeness (QED) is 0.725. The van der Waals surface area contributed by atoms with E-state index < -0.39 is 0 Å². The first-order chi connectivity index (χ1) is 7.16. The predicted octanol–water partition coefficient (Wildman–Crippen LogP) is 3.90. The molecule has 0 unspecified atom stereocenters. The molecule has 0 spiro atoms. The molecule has 1 radical (unpaired) electrons. The van der Waals surface area contributed by atoms with E-state index in [1.165, 1.54) is 0 Å². The Bertz CT molecular complexity index is 500. The van der Waals surface area contributed by atoms with Gasteiger partial charge in [-0.3, -0.25) is 0 Å². The number of aromatic nitrogens is 2. The molecule has 5 heteroatoms. The highest BCUT2D eigenvalue weighted by molar-refractivity contribution is 6.41. The van der Waals surface area contributed by atoms with Gasteiger partial charge in [0.15, 0.2) is 0 Å². The van der Waals surface area contributed by atoms with Crippen LogP contribution in [0.3, 0.4) is 0 Å². The summed E-state index contributed by atoms with van der Waals surface area (Å²) in [5.41, 5.74) is 1.32. The third-order valence-corrected chi connectivity index (χ3v) is 2.63. The van der Waals surface area contributed by atoms with Crippen LogP contribution in [-0.2, 0) is 0 Å². The number of pyridine rings is 2. The molecule has 0 bridgehead atoms. The normalized spacial score (nSPS) is 10.3. The molecule has 0 amide bonds. The fraction of sp³-hybridized carbons (Fsp3) is 0. The van der Waals surface area contributed by atoms with Crippen molar-refractivity contribution in [3.63, 3.8) is 0 Å². The van der Waals surface area contributed by atoms with E-state index in [9.17, 15) is 0 Å². The topological polar surface area (TPSA) is 25.8 Å². The second kappa shape index (κ2) is 4.35. The molecule has 0 saturated carbocycles. The Morgan fingerprint density at radius 2 is 2.00 bits per heavy atom. The molecular formula is C10H4Cl3N2. The van der Waals surface area contributed by atoms with Gasteiger partial charge in [-0.25, -0.2) is 9.97 Å². The first kappa shape index (κ1) is 10.7. The second-order valence-corrected chi connectivity index (χ2v) is 3.91. The van der Waals surface area contributed by atoms with Gasteiger partial charge in [0, 0.05) is 17.8 Å². The van der Waals surface area contributed by atoms with Crippen molar-refractivity contribution in [2.24, 2.45) is 0 Å². The van der Waals surface area contributed by atoms with E-state index in [1.54, 1.807) is 24.4 Å². The Balaban J connectivity index is 2.50. The van der Waals surface area contributed by atoms with Gasteiger partial charge in [-0.2, -0.15) is 0 Å². The number of nitrogens with zero attached hydrogens (tertiary/aromatic N) is 2. The van der Waals surface area contributed by atoms with E-state index in [-0.39, 0.29) is 5.15 Å². The molecule has 2 aromatic rings. The number of hydrogen-bond acceptors (Lipinski definition) is 2. The Labute approximate surface area is 102 Å². The summed E-state index contributed by atoms with van der Waals surface area (Å²) in [6.07, 6.45) is 1.57. The molecule has 0 aliphatic heterocycles. The molecular weight excluding hydrogens is 254 g/mol. The van der Waals surface area contributed by atoms with Gasteiger partial charge < -0.3 is 0 Å². The van der Waals surface area contributed by atoms with Gasteiger partial charge >= 0.3 is 0 Å². The maximum Gasteiger partial charge on any atom is 0.147 e. The number of rotatable bonds is 1. The van der Waals surface area contributed by atoms with Crippen LogP contribution in [0.1, 0.15) is 0 Å². The lowest BCUT2D eigenvalue weighted by Gasteiger charge is -2.01. The number of hydrogen-bond donors (Lipinski definition) is 0. The van der Waals surface area contributed by atoms with E-state index >= 15 is 0 Å². The highest BCUT2D eigenvalue weighted by Crippen LogP contribution is 2.25. The lowest BCUT2D eigenvalue weighted by molar-refractivity contribution is 1.27. The smallest absolute Gasteiger partial charge is 0.147 e. The van der Waals surface area contributed by atoms with E-state index in [4.69, 9.17) is 34.8 Å². The monoisotopic (exact) mass is 257 g/mol. The van der Waals surface area contributed by atoms with Crippen molar-refractivity contribution in [1.29, 1.82) is 0 Å². The summed E-state index contributed by atoms with van der Waals surface area (Å²) in [7, 11) is 0. The maximum absolute atomic E-state index is 5.83. The zero-order chi connectivity index (χ0) is 10.8. The van der Waals surface area contributed by atoms with Gasteiger partial charge in [0.2, 0.25) is 0 Å². The summed E-state index contributed by atoms with van der Waals surface area (Å²) >= 11 is 17.3. The SMILES string of the molecule is Clc1cc[c]c(-c2cnc(Cl)c(Cl)c2)n1. The van der Waals surface area contributed by atoms with Crippen LogP contribution in [0.2, 0.25) is 15.3 Å². The Morgan fingerprint density at radius 1 is 1.20 bits per heavy atom. The first-order valence-corrected chi connectivity index (χ1v) is 5.16. The molecule has 0 aromatic carbocycles. The Morgan fingerprint density at radius 3 is 2.67 bits per heavy atom. The predicted molar refractivity (Wildman–Crippen MR) is 61.3 cm³/mol. The minimum Gasteiger partial charge on any atom is -0.242 e. The van der Waals surface area contributed by atoms with Crippen molar-refractivity contribution in [2.45, 2.75) is 0 Å². The lowest BCUT2D eigenvalue weighted by Crippen LogP contribution is -1.86. The standard InChI is InChI=1S/C10H4Cl3N2/c11-7-4-6(5-14-10(7)13)8-2-1-3-9(12)15-8/h1,3-5H. The van der Waals surface area contributed by atoms with Crippen LogP contribution in [-0.4, -0.2) is 9.97 Å². The highest BCUT2D eigenvalue weighted by atomic mass is 35.5. The second-order valence-electron chi connectivity index (χ2n) is 2.76. The minimum absolute atomic E-state index is 0.266. The van der Waals surface area contributed by atoms with Crippen molar-refractivity contribution in [3.05, 3.63) is 45.8 Å². The van der Waals surface area contributed by atoms with Crippen molar-refractivity contribution < 1.29 is 0 Å². The summed E-state index contributed by atoms with van der Waals surface area (Å²) < 4.78 is 0. The van der Waals surface area contributed by atoms with E-state index in [0.29, 0.717) is 15.9 Å². The summed E-state index contributed by atoms with van der Waals surface area (Å²) in [6, 6.07) is 7.94. The van der Waals surface area contributed by atoms with Crippen LogP contribution < -0.4 is 0 Å². The molecule has 0 aliphatic carbocycles. The summed E-state index contributed by atoms with van der Waals surface area (Å²) in [4.78, 5) is 8.00. The zero-order valence-electron chi connectivity index (χ0n) is 7.34. The van der Waals surface area contributed by atoms with Gasteiger partial charge in [-0.05, 0) is 18.2 Å². The first-order valence-electron chi connectivity index (χ1n) is 4.02. The molecule has 0 saturated heterocycles. The van der Waals surface area contributed by atoms with E-state index in [0.717, 1.165) is 5.56 Å². The molecule has 75 valence electrons. The van der Waals surface area contributed by atoms with Gasteiger partial charge in [-0.15, -0.1) is 0 Å². The molecule has 0 fully saturated rings. The van der Waals surface area contributed by atoms with Crippen LogP contribution in [0.25, 0.3) is 11.3 Å². The minimum atomic E-state index is 0.266. The Hall–Kier alpha value is -0.830. The molecule has 0 aliphatic rings. The molecule has 0 N–H and O–H groups in total. The van der Waals surface area contributed by atoms with Gasteiger partial charge in [0.05, 0.1) is 10.7 Å². The third kappa shape index (κ3) is 2.40. The molecule has 0 atom stereocenters. The molecule has 2 rings (SSSR count). The van der Waals surface area contributed by atoms with Crippen molar-refractivity contribution in [2.75, 3.05) is 0 Å². The van der Waals surface area contributed by atoms with Crippen molar-refractivity contribution >= 4 is 34.8 Å². The van der Waals surface area contributed by atoms with Crippen LogP contribution in [0.5, 0.6) is 0 Å². The van der Waals surface area contributed by atoms with Gasteiger partial charge in [-0.1, -0.05) is 34.8 Å². The molecule has 2 aromatic heterocycles. The largest absolute Gasteiger partial charge is 0.242 e. The molecule has 2 heterocycles. The van der Waals surface area contributed by atoms with Gasteiger partial charge in [0.1, 0.15) is 10.3 Å². The van der Waals surface area contributed by atoms with E-state index in [1.807, 2.05) is 0 Å². The van der Waals surface area contributed by atoms with Gasteiger partial charge in [0.25, 0.3) is 0 Å². The number of halogens is 3. The zero-order valence-corrected chi connectivity index (χ0v) is 9.61.